The average molecular weight is 239 g/mol. The van der Waals surface area contributed by atoms with Crippen LogP contribution in [0.1, 0.15) is 18.4 Å². The molecule has 1 radical (unpaired) electrons. The molecule has 0 amide bonds. The van der Waals surface area contributed by atoms with Gasteiger partial charge in [0.2, 0.25) is 0 Å². The largest absolute Gasteiger partial charge is 0.457 e. The van der Waals surface area contributed by atoms with Crippen LogP contribution < -0.4 is 0 Å². The number of hydrogen-bond donors (Lipinski definition) is 0. The molecule has 0 saturated heterocycles. The lowest BCUT2D eigenvalue weighted by Gasteiger charge is -2.10. The Balaban J connectivity index is 2.13. The van der Waals surface area contributed by atoms with Crippen LogP contribution in [0.4, 0.5) is 0 Å². The lowest BCUT2D eigenvalue weighted by Crippen LogP contribution is -2.02. The van der Waals surface area contributed by atoms with Crippen LogP contribution in [0.3, 0.4) is 0 Å². The van der Waals surface area contributed by atoms with Crippen molar-refractivity contribution in [3.8, 4) is 11.1 Å². The second-order valence-corrected chi connectivity index (χ2v) is 4.28. The lowest BCUT2D eigenvalue weighted by atomic mass is 9.98. The Kier molecular flexibility index (Phi) is 4.13. The first-order chi connectivity index (χ1) is 8.81. The summed E-state index contributed by atoms with van der Waals surface area (Å²) in [5.41, 5.74) is 3.55. The van der Waals surface area contributed by atoms with Crippen molar-refractivity contribution < 1.29 is 9.53 Å². The maximum atomic E-state index is 10.0. The summed E-state index contributed by atoms with van der Waals surface area (Å²) in [5.74, 6) is 0.191. The highest BCUT2D eigenvalue weighted by Crippen LogP contribution is 2.22. The van der Waals surface area contributed by atoms with Crippen LogP contribution in [0.15, 0.2) is 54.6 Å². The molecule has 2 nitrogen and oxygen atoms in total. The topological polar surface area (TPSA) is 26.3 Å². The third kappa shape index (κ3) is 2.98. The van der Waals surface area contributed by atoms with Gasteiger partial charge in [0.15, 0.2) is 0 Å². The van der Waals surface area contributed by atoms with Crippen LogP contribution >= 0.6 is 0 Å². The summed E-state index contributed by atoms with van der Waals surface area (Å²) < 4.78 is 4.66. The van der Waals surface area contributed by atoms with E-state index in [4.69, 9.17) is 0 Å². The van der Waals surface area contributed by atoms with Crippen LogP contribution in [0.2, 0.25) is 0 Å². The molecule has 0 bridgehead atoms. The number of rotatable bonds is 5. The Morgan fingerprint density at radius 2 is 1.61 bits per heavy atom. The molecule has 0 aliphatic heterocycles. The molecule has 1 atom stereocenters. The van der Waals surface area contributed by atoms with E-state index in [-0.39, 0.29) is 5.92 Å². The molecule has 0 aliphatic carbocycles. The van der Waals surface area contributed by atoms with Gasteiger partial charge in [-0.2, -0.15) is 0 Å². The summed E-state index contributed by atoms with van der Waals surface area (Å²) in [7, 11) is 0. The maximum Gasteiger partial charge on any atom is 0.417 e. The van der Waals surface area contributed by atoms with Gasteiger partial charge in [-0.25, -0.2) is 4.79 Å². The molecular formula is C16H15O2. The molecule has 0 spiro atoms. The van der Waals surface area contributed by atoms with Crippen molar-refractivity contribution in [3.05, 3.63) is 60.2 Å². The summed E-state index contributed by atoms with van der Waals surface area (Å²) in [6.45, 7) is 3.85. The molecule has 2 aromatic rings. The molecule has 0 fully saturated rings. The molecule has 2 aromatic carbocycles. The summed E-state index contributed by atoms with van der Waals surface area (Å²) in [5, 5.41) is 0. The molecule has 0 heterocycles. The second kappa shape index (κ2) is 6.01. The van der Waals surface area contributed by atoms with E-state index in [1.165, 1.54) is 17.6 Å². The van der Waals surface area contributed by atoms with Crippen molar-refractivity contribution in [2.75, 3.05) is 6.61 Å². The highest BCUT2D eigenvalue weighted by molar-refractivity contribution is 5.63. The fourth-order valence-corrected chi connectivity index (χ4v) is 1.89. The summed E-state index contributed by atoms with van der Waals surface area (Å²) in [4.78, 5) is 10.0. The predicted molar refractivity (Wildman–Crippen MR) is 71.9 cm³/mol. The van der Waals surface area contributed by atoms with Crippen LogP contribution in [-0.2, 0) is 9.53 Å². The van der Waals surface area contributed by atoms with E-state index in [9.17, 15) is 4.79 Å². The van der Waals surface area contributed by atoms with Crippen molar-refractivity contribution in [1.82, 2.24) is 0 Å². The van der Waals surface area contributed by atoms with Gasteiger partial charge >= 0.3 is 6.47 Å². The first-order valence-corrected chi connectivity index (χ1v) is 5.95. The Morgan fingerprint density at radius 3 is 2.22 bits per heavy atom. The minimum absolute atomic E-state index is 0.191. The maximum absolute atomic E-state index is 10.0. The monoisotopic (exact) mass is 239 g/mol. The second-order valence-electron chi connectivity index (χ2n) is 4.28. The quantitative estimate of drug-likeness (QED) is 0.797. The summed E-state index contributed by atoms with van der Waals surface area (Å²) >= 11 is 0. The normalized spacial score (nSPS) is 11.8. The van der Waals surface area contributed by atoms with E-state index in [0.717, 1.165) is 5.56 Å². The summed E-state index contributed by atoms with van der Waals surface area (Å²) in [6.07, 6.45) is 0. The van der Waals surface area contributed by atoms with E-state index in [0.29, 0.717) is 6.61 Å². The fraction of sp³-hybridized carbons (Fsp3) is 0.188. The van der Waals surface area contributed by atoms with E-state index < -0.39 is 0 Å². The van der Waals surface area contributed by atoms with Crippen molar-refractivity contribution in [3.63, 3.8) is 0 Å². The smallest absolute Gasteiger partial charge is 0.417 e. The van der Waals surface area contributed by atoms with Gasteiger partial charge in [-0.1, -0.05) is 61.5 Å². The van der Waals surface area contributed by atoms with E-state index in [2.05, 4.69) is 41.1 Å². The van der Waals surface area contributed by atoms with Crippen LogP contribution in [-0.4, -0.2) is 13.1 Å². The van der Waals surface area contributed by atoms with Crippen molar-refractivity contribution in [2.24, 2.45) is 0 Å². The van der Waals surface area contributed by atoms with Gasteiger partial charge in [0, 0.05) is 5.92 Å². The molecule has 0 aromatic heterocycles. The minimum Gasteiger partial charge on any atom is -0.457 e. The fourth-order valence-electron chi connectivity index (χ4n) is 1.89. The zero-order valence-corrected chi connectivity index (χ0v) is 10.3. The van der Waals surface area contributed by atoms with Crippen molar-refractivity contribution in [1.29, 1.82) is 0 Å². The minimum atomic E-state index is 0.191. The van der Waals surface area contributed by atoms with E-state index >= 15 is 0 Å². The third-order valence-corrected chi connectivity index (χ3v) is 2.98. The molecule has 1 unspecified atom stereocenters. The van der Waals surface area contributed by atoms with Gasteiger partial charge in [-0.3, -0.25) is 0 Å². The number of benzene rings is 2. The zero-order valence-electron chi connectivity index (χ0n) is 10.3. The average Bonchev–Trinajstić information content (AvgIpc) is 2.46. The van der Waals surface area contributed by atoms with Crippen LogP contribution in [0.25, 0.3) is 11.1 Å². The lowest BCUT2D eigenvalue weighted by molar-refractivity contribution is 0.261. The number of hydrogen-bond acceptors (Lipinski definition) is 2. The van der Waals surface area contributed by atoms with Gasteiger partial charge in [-0.15, -0.1) is 0 Å². The third-order valence-electron chi connectivity index (χ3n) is 2.98. The standard InChI is InChI=1S/C16H15O2/c1-13(11-18-12-17)14-7-9-16(10-8-14)15-5-3-2-4-6-15/h2-10,13H,11H2,1H3. The van der Waals surface area contributed by atoms with E-state index in [1.54, 1.807) is 0 Å². The Morgan fingerprint density at radius 1 is 1.00 bits per heavy atom. The molecule has 0 aliphatic rings. The highest BCUT2D eigenvalue weighted by Gasteiger charge is 2.06. The molecule has 2 rings (SSSR count). The molecule has 18 heavy (non-hydrogen) atoms. The number of carbonyl (C=O) groups excluding carboxylic acids is 1. The van der Waals surface area contributed by atoms with Gasteiger partial charge in [0.25, 0.3) is 0 Å². The van der Waals surface area contributed by atoms with Crippen molar-refractivity contribution in [2.45, 2.75) is 12.8 Å². The van der Waals surface area contributed by atoms with Gasteiger partial charge in [0.1, 0.15) is 0 Å². The molecule has 0 N–H and O–H groups in total. The van der Waals surface area contributed by atoms with Crippen molar-refractivity contribution >= 4 is 6.47 Å². The SMILES string of the molecule is CC(CO[C]=O)c1ccc(-c2ccccc2)cc1. The van der Waals surface area contributed by atoms with E-state index in [1.807, 2.05) is 25.1 Å². The first kappa shape index (κ1) is 12.4. The molecule has 91 valence electrons. The number of ether oxygens (including phenoxy) is 1. The van der Waals surface area contributed by atoms with Crippen LogP contribution in [0, 0.1) is 0 Å². The van der Waals surface area contributed by atoms with Crippen LogP contribution in [0.5, 0.6) is 0 Å². The van der Waals surface area contributed by atoms with Gasteiger partial charge < -0.3 is 4.74 Å². The summed E-state index contributed by atoms with van der Waals surface area (Å²) in [6, 6.07) is 18.6. The Labute approximate surface area is 107 Å². The highest BCUT2D eigenvalue weighted by atomic mass is 16.5. The zero-order chi connectivity index (χ0) is 12.8. The van der Waals surface area contributed by atoms with Gasteiger partial charge in [0.05, 0.1) is 6.61 Å². The predicted octanol–water partition coefficient (Wildman–Crippen LogP) is 3.54. The van der Waals surface area contributed by atoms with Gasteiger partial charge in [-0.05, 0) is 16.7 Å². The molecular weight excluding hydrogens is 224 g/mol. The Bertz CT molecular complexity index is 488. The first-order valence-electron chi connectivity index (χ1n) is 5.95. The Hall–Kier alpha value is -2.09. The molecule has 2 heteroatoms. The molecule has 0 saturated carbocycles.